The molecule has 0 bridgehead atoms. The summed E-state index contributed by atoms with van der Waals surface area (Å²) in [6, 6.07) is 70.8. The molecule has 4 nitrogen and oxygen atoms in total. The predicted octanol–water partition coefficient (Wildman–Crippen LogP) is 17.8. The summed E-state index contributed by atoms with van der Waals surface area (Å²) in [6.45, 7) is 14.8. The molecular weight excluding hydrogens is 853 g/mol. The quantitative estimate of drug-likeness (QED) is 0.0533. The molecule has 0 heterocycles. The SMILES string of the molecule is C=Cc1ccc(CCCOCCCc2ccc(N(c3ccc(CCC)cc3)c3ccc(-c4ccc(N(c5ccc(CCC)cc5)c5ccc(COCc6ccc(C=C)cc6)cc5)cc4)cc3)cc2)cc1. The summed E-state index contributed by atoms with van der Waals surface area (Å²) in [4.78, 5) is 4.70. The van der Waals surface area contributed by atoms with Crippen LogP contribution in [0.2, 0.25) is 0 Å². The van der Waals surface area contributed by atoms with Crippen molar-refractivity contribution in [3.05, 3.63) is 252 Å². The zero-order valence-corrected chi connectivity index (χ0v) is 41.2. The van der Waals surface area contributed by atoms with E-state index in [-0.39, 0.29) is 0 Å². The van der Waals surface area contributed by atoms with Gasteiger partial charge in [-0.3, -0.25) is 0 Å². The molecule has 0 amide bonds. The van der Waals surface area contributed by atoms with Crippen molar-refractivity contribution in [2.75, 3.05) is 23.0 Å². The second kappa shape index (κ2) is 25.4. The number of ether oxygens (including phenoxy) is 2. The molecule has 0 aliphatic rings. The van der Waals surface area contributed by atoms with Gasteiger partial charge in [0.1, 0.15) is 0 Å². The van der Waals surface area contributed by atoms with E-state index in [9.17, 15) is 0 Å². The molecule has 0 N–H and O–H groups in total. The molecule has 354 valence electrons. The van der Waals surface area contributed by atoms with E-state index in [0.717, 1.165) is 121 Å². The van der Waals surface area contributed by atoms with Crippen molar-refractivity contribution >= 4 is 46.3 Å². The minimum absolute atomic E-state index is 0.545. The number of nitrogens with zero attached hydrogens (tertiary/aromatic N) is 2. The van der Waals surface area contributed by atoms with Crippen LogP contribution >= 0.6 is 0 Å². The van der Waals surface area contributed by atoms with Gasteiger partial charge < -0.3 is 19.3 Å². The zero-order valence-electron chi connectivity index (χ0n) is 41.2. The Morgan fingerprint density at radius 3 is 0.914 bits per heavy atom. The second-order valence-corrected chi connectivity index (χ2v) is 18.1. The number of aryl methyl sites for hydroxylation is 4. The molecular formula is C66H68N2O2. The Bertz CT molecular complexity index is 2810. The summed E-state index contributed by atoms with van der Waals surface area (Å²) in [6.07, 6.45) is 12.2. The van der Waals surface area contributed by atoms with Crippen molar-refractivity contribution < 1.29 is 9.47 Å². The normalized spacial score (nSPS) is 11.1. The zero-order chi connectivity index (χ0) is 48.3. The fourth-order valence-electron chi connectivity index (χ4n) is 8.97. The van der Waals surface area contributed by atoms with E-state index in [1.54, 1.807) is 0 Å². The van der Waals surface area contributed by atoms with Gasteiger partial charge in [-0.25, -0.2) is 0 Å². The Morgan fingerprint density at radius 2 is 0.600 bits per heavy atom. The van der Waals surface area contributed by atoms with Gasteiger partial charge >= 0.3 is 0 Å². The fourth-order valence-corrected chi connectivity index (χ4v) is 8.97. The fraction of sp³-hybridized carbons (Fsp3) is 0.212. The summed E-state index contributed by atoms with van der Waals surface area (Å²) in [5.41, 5.74) is 19.0. The van der Waals surface area contributed by atoms with Crippen LogP contribution in [0.4, 0.5) is 34.1 Å². The van der Waals surface area contributed by atoms with Crippen molar-refractivity contribution in [1.82, 2.24) is 0 Å². The van der Waals surface area contributed by atoms with E-state index in [1.165, 1.54) is 33.4 Å². The van der Waals surface area contributed by atoms with E-state index >= 15 is 0 Å². The van der Waals surface area contributed by atoms with E-state index in [4.69, 9.17) is 9.47 Å². The number of anilines is 6. The van der Waals surface area contributed by atoms with Crippen LogP contribution < -0.4 is 9.80 Å². The average Bonchev–Trinajstić information content (AvgIpc) is 3.41. The molecule has 0 radical (unpaired) electrons. The van der Waals surface area contributed by atoms with Gasteiger partial charge in [0.15, 0.2) is 0 Å². The van der Waals surface area contributed by atoms with E-state index in [2.05, 4.69) is 231 Å². The highest BCUT2D eigenvalue weighted by atomic mass is 16.5. The van der Waals surface area contributed by atoms with Crippen LogP contribution in [0.3, 0.4) is 0 Å². The topological polar surface area (TPSA) is 24.9 Å². The van der Waals surface area contributed by atoms with Gasteiger partial charge in [-0.15, -0.1) is 0 Å². The smallest absolute Gasteiger partial charge is 0.0721 e. The van der Waals surface area contributed by atoms with Crippen LogP contribution in [0.25, 0.3) is 23.3 Å². The lowest BCUT2D eigenvalue weighted by Crippen LogP contribution is -2.10. The lowest BCUT2D eigenvalue weighted by molar-refractivity contribution is 0.107. The van der Waals surface area contributed by atoms with Gasteiger partial charge in [0.25, 0.3) is 0 Å². The summed E-state index contributed by atoms with van der Waals surface area (Å²) in [5, 5.41) is 0. The minimum atomic E-state index is 0.545. The first kappa shape index (κ1) is 49.2. The molecule has 0 aliphatic heterocycles. The highest BCUT2D eigenvalue weighted by molar-refractivity contribution is 5.81. The van der Waals surface area contributed by atoms with E-state index in [1.807, 2.05) is 12.2 Å². The summed E-state index contributed by atoms with van der Waals surface area (Å²) in [7, 11) is 0. The van der Waals surface area contributed by atoms with Gasteiger partial charge in [0.05, 0.1) is 13.2 Å². The van der Waals surface area contributed by atoms with E-state index in [0.29, 0.717) is 13.2 Å². The van der Waals surface area contributed by atoms with Crippen molar-refractivity contribution in [2.24, 2.45) is 0 Å². The maximum atomic E-state index is 6.11. The molecule has 70 heavy (non-hydrogen) atoms. The monoisotopic (exact) mass is 921 g/mol. The number of rotatable bonds is 25. The Balaban J connectivity index is 0.940. The molecule has 8 aromatic rings. The summed E-state index contributed by atoms with van der Waals surface area (Å²) < 4.78 is 12.1. The molecule has 0 unspecified atom stereocenters. The third-order valence-electron chi connectivity index (χ3n) is 12.9. The van der Waals surface area contributed by atoms with Crippen LogP contribution in [0.15, 0.2) is 207 Å². The molecule has 0 fully saturated rings. The number of benzene rings is 8. The molecule has 0 aliphatic carbocycles. The van der Waals surface area contributed by atoms with Crippen molar-refractivity contribution in [3.8, 4) is 11.1 Å². The first-order valence-corrected chi connectivity index (χ1v) is 25.2. The van der Waals surface area contributed by atoms with Gasteiger partial charge in [0.2, 0.25) is 0 Å². The Kier molecular flexibility index (Phi) is 17.8. The molecule has 0 saturated carbocycles. The van der Waals surface area contributed by atoms with Crippen LogP contribution in [0.5, 0.6) is 0 Å². The van der Waals surface area contributed by atoms with Crippen molar-refractivity contribution in [3.63, 3.8) is 0 Å². The Hall–Kier alpha value is -7.24. The molecule has 8 rings (SSSR count). The van der Waals surface area contributed by atoms with E-state index < -0.39 is 0 Å². The maximum Gasteiger partial charge on any atom is 0.0721 e. The van der Waals surface area contributed by atoms with Gasteiger partial charge in [0, 0.05) is 47.3 Å². The first-order chi connectivity index (χ1) is 34.5. The molecule has 0 spiro atoms. The molecule has 8 aromatic carbocycles. The summed E-state index contributed by atoms with van der Waals surface area (Å²) >= 11 is 0. The molecule has 4 heteroatoms. The van der Waals surface area contributed by atoms with Crippen LogP contribution in [-0.2, 0) is 48.4 Å². The van der Waals surface area contributed by atoms with Gasteiger partial charge in [-0.1, -0.05) is 173 Å². The highest BCUT2D eigenvalue weighted by Crippen LogP contribution is 2.39. The van der Waals surface area contributed by atoms with Crippen LogP contribution in [0.1, 0.15) is 84.0 Å². The number of hydrogen-bond acceptors (Lipinski definition) is 4. The molecule has 0 aromatic heterocycles. The highest BCUT2D eigenvalue weighted by Gasteiger charge is 2.16. The average molecular weight is 921 g/mol. The van der Waals surface area contributed by atoms with Gasteiger partial charge in [-0.2, -0.15) is 0 Å². The third-order valence-corrected chi connectivity index (χ3v) is 12.9. The van der Waals surface area contributed by atoms with Crippen LogP contribution in [0, 0.1) is 0 Å². The summed E-state index contributed by atoms with van der Waals surface area (Å²) in [5.74, 6) is 0. The minimum Gasteiger partial charge on any atom is -0.381 e. The lowest BCUT2D eigenvalue weighted by Gasteiger charge is -2.27. The molecule has 0 atom stereocenters. The largest absolute Gasteiger partial charge is 0.381 e. The lowest BCUT2D eigenvalue weighted by atomic mass is 10.0. The predicted molar refractivity (Wildman–Crippen MR) is 298 cm³/mol. The number of hydrogen-bond donors (Lipinski definition) is 0. The van der Waals surface area contributed by atoms with Crippen molar-refractivity contribution in [2.45, 2.75) is 78.4 Å². The van der Waals surface area contributed by atoms with Crippen LogP contribution in [-0.4, -0.2) is 13.2 Å². The third kappa shape index (κ3) is 13.5. The Morgan fingerprint density at radius 1 is 0.329 bits per heavy atom. The van der Waals surface area contributed by atoms with Crippen molar-refractivity contribution in [1.29, 1.82) is 0 Å². The Labute approximate surface area is 418 Å². The van der Waals surface area contributed by atoms with Gasteiger partial charge in [-0.05, 0) is 167 Å². The second-order valence-electron chi connectivity index (χ2n) is 18.1. The molecule has 0 saturated heterocycles. The maximum absolute atomic E-state index is 6.11. The standard InChI is InChI=1S/C66H68N2O2/c1-5-11-53-23-35-61(36-24-53)67(63-39-27-56(28-40-63)14-10-48-69-47-9-13-55-19-15-51(7-3)16-20-55)65-43-31-59(32-44-65)60-33-45-66(46-34-60)68(62-37-25-54(12-6-2)26-38-62)64-41-29-58(30-42-64)50-70-49-57-21-17-52(8-4)18-22-57/h7-8,15-46H,3-6,9-14,47-50H2,1-2H3. The first-order valence-electron chi connectivity index (χ1n) is 25.2.